The van der Waals surface area contributed by atoms with E-state index >= 15 is 0 Å². The van der Waals surface area contributed by atoms with E-state index in [1.807, 2.05) is 30.0 Å². The van der Waals surface area contributed by atoms with Crippen LogP contribution >= 0.6 is 0 Å². The standard InChI is InChI=1S/C19H23N5O.C2HF3O2/c1-15-4-5-16(14-22-15)17(25)23-12-7-19(8-13-23)6-2-11-24(19)18-20-9-3-10-21-18;3-2(4,5)1(6)7/h3-5,9-10,14H,2,6-8,11-13H2,1H3;(H,6,7). The van der Waals surface area contributed by atoms with Gasteiger partial charge in [0.1, 0.15) is 0 Å². The average molecular weight is 451 g/mol. The number of carbonyl (C=O) groups is 2. The molecule has 2 aliphatic heterocycles. The number of rotatable bonds is 2. The van der Waals surface area contributed by atoms with E-state index in [4.69, 9.17) is 9.90 Å². The van der Waals surface area contributed by atoms with E-state index < -0.39 is 12.1 Å². The Balaban J connectivity index is 0.000000360. The molecule has 11 heteroatoms. The molecule has 2 aliphatic rings. The number of amides is 1. The largest absolute Gasteiger partial charge is 0.490 e. The second-order valence-electron chi connectivity index (χ2n) is 7.81. The summed E-state index contributed by atoms with van der Waals surface area (Å²) >= 11 is 0. The van der Waals surface area contributed by atoms with E-state index in [-0.39, 0.29) is 11.4 Å². The van der Waals surface area contributed by atoms with Crippen LogP contribution in [0.25, 0.3) is 0 Å². The lowest BCUT2D eigenvalue weighted by Crippen LogP contribution is -2.53. The summed E-state index contributed by atoms with van der Waals surface area (Å²) in [6, 6.07) is 5.61. The number of hydrogen-bond donors (Lipinski definition) is 1. The van der Waals surface area contributed by atoms with Crippen molar-refractivity contribution < 1.29 is 27.9 Å². The fraction of sp³-hybridized carbons (Fsp3) is 0.476. The van der Waals surface area contributed by atoms with Gasteiger partial charge < -0.3 is 14.9 Å². The van der Waals surface area contributed by atoms with Gasteiger partial charge in [-0.15, -0.1) is 0 Å². The lowest BCUT2D eigenvalue weighted by molar-refractivity contribution is -0.192. The molecule has 0 unspecified atom stereocenters. The smallest absolute Gasteiger partial charge is 0.475 e. The lowest BCUT2D eigenvalue weighted by Gasteiger charge is -2.45. The molecule has 2 saturated heterocycles. The number of aliphatic carboxylic acids is 1. The summed E-state index contributed by atoms with van der Waals surface area (Å²) in [5, 5.41) is 7.12. The van der Waals surface area contributed by atoms with E-state index in [1.165, 1.54) is 0 Å². The maximum Gasteiger partial charge on any atom is 0.490 e. The summed E-state index contributed by atoms with van der Waals surface area (Å²) in [6.07, 6.45) is 4.45. The molecule has 2 aromatic heterocycles. The zero-order chi connectivity index (χ0) is 23.4. The van der Waals surface area contributed by atoms with Crippen LogP contribution in [0.3, 0.4) is 0 Å². The van der Waals surface area contributed by atoms with Gasteiger partial charge >= 0.3 is 12.1 Å². The summed E-state index contributed by atoms with van der Waals surface area (Å²) < 4.78 is 31.7. The van der Waals surface area contributed by atoms with E-state index in [9.17, 15) is 18.0 Å². The normalized spacial score (nSPS) is 17.6. The van der Waals surface area contributed by atoms with Crippen LogP contribution < -0.4 is 4.90 Å². The second kappa shape index (κ2) is 9.49. The van der Waals surface area contributed by atoms with Crippen LogP contribution in [0, 0.1) is 6.92 Å². The number of anilines is 1. The number of nitrogens with zero attached hydrogens (tertiary/aromatic N) is 5. The maximum atomic E-state index is 12.7. The van der Waals surface area contributed by atoms with E-state index in [1.54, 1.807) is 18.6 Å². The molecular formula is C21H24F3N5O3. The van der Waals surface area contributed by atoms with Crippen LogP contribution in [-0.4, -0.2) is 68.2 Å². The third-order valence-corrected chi connectivity index (χ3v) is 5.77. The molecule has 0 radical (unpaired) electrons. The Kier molecular flexibility index (Phi) is 6.95. The number of carboxylic acid groups (broad SMARTS) is 1. The Labute approximate surface area is 183 Å². The fourth-order valence-corrected chi connectivity index (χ4v) is 4.10. The van der Waals surface area contributed by atoms with Crippen LogP contribution in [0.2, 0.25) is 0 Å². The number of aromatic nitrogens is 3. The topological polar surface area (TPSA) is 99.5 Å². The van der Waals surface area contributed by atoms with Gasteiger partial charge in [0, 0.05) is 49.5 Å². The summed E-state index contributed by atoms with van der Waals surface area (Å²) in [5.41, 5.74) is 1.71. The minimum atomic E-state index is -5.08. The van der Waals surface area contributed by atoms with Gasteiger partial charge in [0.05, 0.1) is 5.56 Å². The predicted molar refractivity (Wildman–Crippen MR) is 109 cm³/mol. The third-order valence-electron chi connectivity index (χ3n) is 5.77. The first-order valence-corrected chi connectivity index (χ1v) is 10.2. The minimum Gasteiger partial charge on any atom is -0.475 e. The Morgan fingerprint density at radius 2 is 1.66 bits per heavy atom. The number of aryl methyl sites for hydroxylation is 1. The summed E-state index contributed by atoms with van der Waals surface area (Å²) in [7, 11) is 0. The van der Waals surface area contributed by atoms with Crippen LogP contribution in [0.15, 0.2) is 36.8 Å². The van der Waals surface area contributed by atoms with Gasteiger partial charge in [-0.3, -0.25) is 9.78 Å². The first-order valence-electron chi connectivity index (χ1n) is 10.2. The maximum absolute atomic E-state index is 12.7. The molecule has 0 atom stereocenters. The van der Waals surface area contributed by atoms with Crippen molar-refractivity contribution in [2.75, 3.05) is 24.5 Å². The number of hydrogen-bond acceptors (Lipinski definition) is 6. The molecule has 1 spiro atoms. The Bertz CT molecular complexity index is 930. The zero-order valence-corrected chi connectivity index (χ0v) is 17.5. The molecule has 2 fully saturated rings. The molecule has 1 amide bonds. The zero-order valence-electron chi connectivity index (χ0n) is 17.5. The molecule has 32 heavy (non-hydrogen) atoms. The molecule has 4 heterocycles. The highest BCUT2D eigenvalue weighted by Crippen LogP contribution is 2.40. The van der Waals surface area contributed by atoms with Crippen LogP contribution in [0.5, 0.6) is 0 Å². The minimum absolute atomic E-state index is 0.0860. The summed E-state index contributed by atoms with van der Waals surface area (Å²) in [6.45, 7) is 4.48. The number of carboxylic acids is 1. The quantitative estimate of drug-likeness (QED) is 0.749. The molecule has 0 aliphatic carbocycles. The van der Waals surface area contributed by atoms with Crippen molar-refractivity contribution in [3.63, 3.8) is 0 Å². The summed E-state index contributed by atoms with van der Waals surface area (Å²) in [4.78, 5) is 39.1. The molecule has 4 rings (SSSR count). The highest BCUT2D eigenvalue weighted by Gasteiger charge is 2.45. The molecule has 172 valence electrons. The predicted octanol–water partition coefficient (Wildman–Crippen LogP) is 3.09. The van der Waals surface area contributed by atoms with Crippen molar-refractivity contribution in [2.24, 2.45) is 0 Å². The van der Waals surface area contributed by atoms with E-state index in [0.29, 0.717) is 5.56 Å². The second-order valence-corrected chi connectivity index (χ2v) is 7.81. The molecule has 8 nitrogen and oxygen atoms in total. The van der Waals surface area contributed by atoms with E-state index in [2.05, 4.69) is 19.9 Å². The van der Waals surface area contributed by atoms with Crippen molar-refractivity contribution in [1.82, 2.24) is 19.9 Å². The van der Waals surface area contributed by atoms with Crippen LogP contribution in [0.1, 0.15) is 41.7 Å². The molecule has 0 bridgehead atoms. The Morgan fingerprint density at radius 3 is 2.19 bits per heavy atom. The van der Waals surface area contributed by atoms with Gasteiger partial charge in [0.15, 0.2) is 0 Å². The average Bonchev–Trinajstić information content (AvgIpc) is 3.17. The highest BCUT2D eigenvalue weighted by atomic mass is 19.4. The highest BCUT2D eigenvalue weighted by molar-refractivity contribution is 5.94. The van der Waals surface area contributed by atoms with Gasteiger partial charge in [-0.25, -0.2) is 14.8 Å². The van der Waals surface area contributed by atoms with Crippen molar-refractivity contribution in [1.29, 1.82) is 0 Å². The lowest BCUT2D eigenvalue weighted by atomic mass is 9.85. The van der Waals surface area contributed by atoms with Crippen molar-refractivity contribution in [3.05, 3.63) is 48.0 Å². The summed E-state index contributed by atoms with van der Waals surface area (Å²) in [5.74, 6) is -1.85. The molecule has 1 N–H and O–H groups in total. The van der Waals surface area contributed by atoms with E-state index in [0.717, 1.165) is 57.0 Å². The number of carbonyl (C=O) groups excluding carboxylic acids is 1. The molecular weight excluding hydrogens is 427 g/mol. The Hall–Kier alpha value is -3.24. The van der Waals surface area contributed by atoms with Crippen LogP contribution in [-0.2, 0) is 4.79 Å². The number of piperidine rings is 1. The number of halogens is 3. The third kappa shape index (κ3) is 5.32. The monoisotopic (exact) mass is 451 g/mol. The van der Waals surface area contributed by atoms with Crippen molar-refractivity contribution in [2.45, 2.75) is 44.3 Å². The first-order chi connectivity index (χ1) is 15.1. The van der Waals surface area contributed by atoms with Gasteiger partial charge in [-0.05, 0) is 50.8 Å². The van der Waals surface area contributed by atoms with Gasteiger partial charge in [0.2, 0.25) is 5.95 Å². The first kappa shape index (κ1) is 23.4. The molecule has 0 aromatic carbocycles. The molecule has 2 aromatic rings. The number of alkyl halides is 3. The Morgan fingerprint density at radius 1 is 1.03 bits per heavy atom. The van der Waals surface area contributed by atoms with Gasteiger partial charge in [-0.2, -0.15) is 13.2 Å². The molecule has 0 saturated carbocycles. The van der Waals surface area contributed by atoms with Crippen LogP contribution in [0.4, 0.5) is 19.1 Å². The SMILES string of the molecule is Cc1ccc(C(=O)N2CCC3(CCCN3c3ncccn3)CC2)cn1.O=C(O)C(F)(F)F. The number of likely N-dealkylation sites (tertiary alicyclic amines) is 1. The van der Waals surface area contributed by atoms with Crippen molar-refractivity contribution in [3.8, 4) is 0 Å². The number of pyridine rings is 1. The fourth-order valence-electron chi connectivity index (χ4n) is 4.10. The van der Waals surface area contributed by atoms with Crippen molar-refractivity contribution >= 4 is 17.8 Å². The van der Waals surface area contributed by atoms with Gasteiger partial charge in [-0.1, -0.05) is 0 Å². The van der Waals surface area contributed by atoms with Gasteiger partial charge in [0.25, 0.3) is 5.91 Å².